The van der Waals surface area contributed by atoms with Crippen molar-refractivity contribution >= 4 is 0 Å². The first-order chi connectivity index (χ1) is 11.6. The number of aryl methyl sites for hydroxylation is 1. The summed E-state index contributed by atoms with van der Waals surface area (Å²) in [5.74, 6) is -2.95. The van der Waals surface area contributed by atoms with E-state index >= 15 is 0 Å². The van der Waals surface area contributed by atoms with Gasteiger partial charge in [-0.15, -0.1) is 0 Å². The van der Waals surface area contributed by atoms with Crippen molar-refractivity contribution in [3.05, 3.63) is 72.1 Å². The zero-order valence-electron chi connectivity index (χ0n) is 13.8. The van der Waals surface area contributed by atoms with E-state index < -0.39 is 17.4 Å². The molecule has 1 N–H and O–H groups in total. The van der Waals surface area contributed by atoms with Gasteiger partial charge in [0.25, 0.3) is 0 Å². The maximum Gasteiger partial charge on any atom is 0.187 e. The number of aromatic hydroxyl groups is 1. The SMILES string of the molecule is CC.Cc1ccc(-c2ccncc2-c2cc(F)c(O)c(F)c2)cc1. The maximum absolute atomic E-state index is 13.6. The van der Waals surface area contributed by atoms with Crippen LogP contribution in [0, 0.1) is 18.6 Å². The summed E-state index contributed by atoms with van der Waals surface area (Å²) in [7, 11) is 0. The van der Waals surface area contributed by atoms with Crippen LogP contribution in [0.3, 0.4) is 0 Å². The number of phenolic OH excluding ortho intramolecular Hbond substituents is 1. The van der Waals surface area contributed by atoms with Crippen molar-refractivity contribution in [2.45, 2.75) is 20.8 Å². The van der Waals surface area contributed by atoms with Gasteiger partial charge in [0.05, 0.1) is 0 Å². The summed E-state index contributed by atoms with van der Waals surface area (Å²) in [4.78, 5) is 4.04. The van der Waals surface area contributed by atoms with E-state index in [1.807, 2.05) is 45.0 Å². The molecule has 3 aromatic rings. The smallest absolute Gasteiger partial charge is 0.187 e. The minimum atomic E-state index is -0.992. The Labute approximate surface area is 140 Å². The van der Waals surface area contributed by atoms with Crippen LogP contribution in [-0.4, -0.2) is 10.1 Å². The van der Waals surface area contributed by atoms with Crippen LogP contribution < -0.4 is 0 Å². The highest BCUT2D eigenvalue weighted by Gasteiger charge is 2.14. The van der Waals surface area contributed by atoms with Crippen LogP contribution in [0.25, 0.3) is 22.3 Å². The van der Waals surface area contributed by atoms with Crippen molar-refractivity contribution in [2.75, 3.05) is 0 Å². The number of halogens is 2. The second kappa shape index (κ2) is 7.68. The second-order valence-electron chi connectivity index (χ2n) is 5.08. The molecule has 0 aliphatic heterocycles. The third-order valence-electron chi connectivity index (χ3n) is 3.51. The molecule has 24 heavy (non-hydrogen) atoms. The van der Waals surface area contributed by atoms with Crippen LogP contribution in [0.5, 0.6) is 5.75 Å². The van der Waals surface area contributed by atoms with E-state index in [0.29, 0.717) is 11.1 Å². The van der Waals surface area contributed by atoms with E-state index in [1.165, 1.54) is 0 Å². The summed E-state index contributed by atoms with van der Waals surface area (Å²) >= 11 is 0. The van der Waals surface area contributed by atoms with E-state index in [0.717, 1.165) is 28.8 Å². The summed E-state index contributed by atoms with van der Waals surface area (Å²) < 4.78 is 27.2. The van der Waals surface area contributed by atoms with Gasteiger partial charge in [0.15, 0.2) is 17.4 Å². The molecular formula is C20H19F2NO. The highest BCUT2D eigenvalue weighted by molar-refractivity contribution is 5.83. The first kappa shape index (κ1) is 17.6. The average Bonchev–Trinajstić information content (AvgIpc) is 2.62. The summed E-state index contributed by atoms with van der Waals surface area (Å²) in [6.45, 7) is 5.99. The first-order valence-corrected chi connectivity index (χ1v) is 7.75. The van der Waals surface area contributed by atoms with Gasteiger partial charge in [-0.3, -0.25) is 4.98 Å². The lowest BCUT2D eigenvalue weighted by atomic mass is 9.96. The highest BCUT2D eigenvalue weighted by atomic mass is 19.1. The van der Waals surface area contributed by atoms with Crippen LogP contribution in [0.15, 0.2) is 54.9 Å². The molecule has 0 aliphatic rings. The maximum atomic E-state index is 13.6. The molecule has 2 aromatic carbocycles. The Morgan fingerprint density at radius 2 is 1.42 bits per heavy atom. The molecule has 0 saturated carbocycles. The van der Waals surface area contributed by atoms with E-state index in [9.17, 15) is 13.9 Å². The molecule has 124 valence electrons. The van der Waals surface area contributed by atoms with Crippen molar-refractivity contribution in [1.29, 1.82) is 0 Å². The van der Waals surface area contributed by atoms with Gasteiger partial charge in [-0.05, 0) is 41.8 Å². The molecule has 0 bridgehead atoms. The molecule has 1 aromatic heterocycles. The first-order valence-electron chi connectivity index (χ1n) is 7.75. The Kier molecular flexibility index (Phi) is 5.64. The Morgan fingerprint density at radius 1 is 0.833 bits per heavy atom. The number of rotatable bonds is 2. The van der Waals surface area contributed by atoms with Gasteiger partial charge < -0.3 is 5.11 Å². The molecule has 2 nitrogen and oxygen atoms in total. The third kappa shape index (κ3) is 3.59. The Hall–Kier alpha value is -2.75. The number of aromatic nitrogens is 1. The van der Waals surface area contributed by atoms with Crippen molar-refractivity contribution < 1.29 is 13.9 Å². The number of nitrogens with zero attached hydrogens (tertiary/aromatic N) is 1. The zero-order chi connectivity index (χ0) is 17.7. The molecule has 0 aliphatic carbocycles. The highest BCUT2D eigenvalue weighted by Crippen LogP contribution is 2.34. The molecule has 0 atom stereocenters. The molecule has 0 spiro atoms. The summed E-state index contributed by atoms with van der Waals surface area (Å²) in [5.41, 5.74) is 3.80. The monoisotopic (exact) mass is 327 g/mol. The van der Waals surface area contributed by atoms with Gasteiger partial charge in [0.1, 0.15) is 0 Å². The van der Waals surface area contributed by atoms with Gasteiger partial charge >= 0.3 is 0 Å². The van der Waals surface area contributed by atoms with Gasteiger partial charge in [-0.25, -0.2) is 8.78 Å². The van der Waals surface area contributed by atoms with Crippen molar-refractivity contribution in [3.8, 4) is 28.0 Å². The lowest BCUT2D eigenvalue weighted by Crippen LogP contribution is -1.90. The fourth-order valence-corrected chi connectivity index (χ4v) is 2.33. The number of phenols is 1. The molecule has 4 heteroatoms. The number of pyridine rings is 1. The van der Waals surface area contributed by atoms with Gasteiger partial charge in [0.2, 0.25) is 0 Å². The fourth-order valence-electron chi connectivity index (χ4n) is 2.33. The zero-order valence-corrected chi connectivity index (χ0v) is 13.8. The minimum Gasteiger partial charge on any atom is -0.503 e. The standard InChI is InChI=1S/C18H13F2NO.C2H6/c1-11-2-4-12(5-3-11)14-6-7-21-10-15(14)13-8-16(19)18(22)17(20)9-13;1-2/h2-10,22H,1H3;1-2H3. The van der Waals surface area contributed by atoms with Crippen LogP contribution in [0.2, 0.25) is 0 Å². The topological polar surface area (TPSA) is 33.1 Å². The number of hydrogen-bond acceptors (Lipinski definition) is 2. The Morgan fingerprint density at radius 3 is 2.00 bits per heavy atom. The Balaban J connectivity index is 0.00000100. The second-order valence-corrected chi connectivity index (χ2v) is 5.08. The lowest BCUT2D eigenvalue weighted by molar-refractivity contribution is 0.396. The van der Waals surface area contributed by atoms with Crippen molar-refractivity contribution in [2.24, 2.45) is 0 Å². The van der Waals surface area contributed by atoms with Crippen LogP contribution in [-0.2, 0) is 0 Å². The number of benzene rings is 2. The van der Waals surface area contributed by atoms with Gasteiger partial charge in [-0.2, -0.15) is 0 Å². The molecule has 3 rings (SSSR count). The molecule has 1 heterocycles. The quantitative estimate of drug-likeness (QED) is 0.651. The fraction of sp³-hybridized carbons (Fsp3) is 0.150. The largest absolute Gasteiger partial charge is 0.503 e. The van der Waals surface area contributed by atoms with E-state index in [2.05, 4.69) is 4.98 Å². The minimum absolute atomic E-state index is 0.330. The summed E-state index contributed by atoms with van der Waals surface area (Å²) in [6, 6.07) is 11.8. The Bertz CT molecular complexity index is 806. The van der Waals surface area contributed by atoms with Gasteiger partial charge in [-0.1, -0.05) is 43.7 Å². The molecular weight excluding hydrogens is 308 g/mol. The van der Waals surface area contributed by atoms with E-state index in [4.69, 9.17) is 0 Å². The predicted octanol–water partition coefficient (Wildman–Crippen LogP) is 5.73. The van der Waals surface area contributed by atoms with Gasteiger partial charge in [0, 0.05) is 18.0 Å². The molecule has 0 fully saturated rings. The molecule has 0 radical (unpaired) electrons. The van der Waals surface area contributed by atoms with E-state index in [-0.39, 0.29) is 0 Å². The average molecular weight is 327 g/mol. The van der Waals surface area contributed by atoms with Crippen molar-refractivity contribution in [3.63, 3.8) is 0 Å². The molecule has 0 saturated heterocycles. The molecule has 0 amide bonds. The van der Waals surface area contributed by atoms with Crippen LogP contribution in [0.1, 0.15) is 19.4 Å². The van der Waals surface area contributed by atoms with Crippen molar-refractivity contribution in [1.82, 2.24) is 4.98 Å². The van der Waals surface area contributed by atoms with E-state index in [1.54, 1.807) is 18.5 Å². The normalized spacial score (nSPS) is 10.0. The number of hydrogen-bond donors (Lipinski definition) is 1. The summed E-state index contributed by atoms with van der Waals surface area (Å²) in [5, 5.41) is 9.23. The lowest BCUT2D eigenvalue weighted by Gasteiger charge is -2.11. The summed E-state index contributed by atoms with van der Waals surface area (Å²) in [6.07, 6.45) is 3.19. The van der Waals surface area contributed by atoms with Crippen LogP contribution in [0.4, 0.5) is 8.78 Å². The third-order valence-corrected chi connectivity index (χ3v) is 3.51. The van der Waals surface area contributed by atoms with Crippen LogP contribution >= 0.6 is 0 Å². The molecule has 0 unspecified atom stereocenters. The predicted molar refractivity (Wildman–Crippen MR) is 92.8 cm³/mol.